The summed E-state index contributed by atoms with van der Waals surface area (Å²) in [6.45, 7) is 0.617. The molecular formula is C19H18N4O. The Balaban J connectivity index is 1.35. The molecule has 3 heterocycles. The average molecular weight is 318 g/mol. The number of carbonyl (C=O) groups is 1. The number of aromatic nitrogens is 3. The van der Waals surface area contributed by atoms with Gasteiger partial charge in [-0.15, -0.1) is 0 Å². The fourth-order valence-electron chi connectivity index (χ4n) is 3.00. The highest BCUT2D eigenvalue weighted by molar-refractivity contribution is 5.87. The molecule has 0 bridgehead atoms. The van der Waals surface area contributed by atoms with E-state index in [1.807, 2.05) is 30.5 Å². The molecule has 0 aliphatic carbocycles. The number of hydrogen-bond acceptors (Lipinski definition) is 2. The quantitative estimate of drug-likeness (QED) is 0.529. The van der Waals surface area contributed by atoms with Crippen molar-refractivity contribution in [2.45, 2.75) is 12.8 Å². The number of para-hydroxylation sites is 1. The lowest BCUT2D eigenvalue weighted by atomic mass is 10.1. The maximum atomic E-state index is 12.2. The van der Waals surface area contributed by atoms with E-state index >= 15 is 0 Å². The van der Waals surface area contributed by atoms with Gasteiger partial charge in [-0.25, -0.2) is 4.98 Å². The number of hydrogen-bond donors (Lipinski definition) is 3. The van der Waals surface area contributed by atoms with Crippen molar-refractivity contribution in [3.05, 3.63) is 66.1 Å². The van der Waals surface area contributed by atoms with E-state index in [-0.39, 0.29) is 5.91 Å². The number of rotatable bonds is 5. The van der Waals surface area contributed by atoms with Crippen LogP contribution in [0.5, 0.6) is 0 Å². The number of pyridine rings is 1. The largest absolute Gasteiger partial charge is 0.358 e. The van der Waals surface area contributed by atoms with Crippen LogP contribution in [-0.2, 0) is 17.6 Å². The number of carbonyl (C=O) groups excluding carboxylic acids is 1. The molecule has 4 rings (SSSR count). The molecule has 3 N–H and O–H groups in total. The molecule has 1 aromatic carbocycles. The molecule has 0 atom stereocenters. The van der Waals surface area contributed by atoms with Crippen molar-refractivity contribution in [2.24, 2.45) is 0 Å². The van der Waals surface area contributed by atoms with Crippen molar-refractivity contribution in [3.8, 4) is 0 Å². The minimum Gasteiger partial charge on any atom is -0.358 e. The number of H-pyrrole nitrogens is 2. The van der Waals surface area contributed by atoms with Gasteiger partial charge in [0.05, 0.1) is 6.42 Å². The molecule has 24 heavy (non-hydrogen) atoms. The van der Waals surface area contributed by atoms with Crippen LogP contribution in [0.4, 0.5) is 0 Å². The van der Waals surface area contributed by atoms with E-state index in [0.717, 1.165) is 34.2 Å². The number of nitrogens with zero attached hydrogens (tertiary/aromatic N) is 1. The minimum atomic E-state index is 0.0239. The molecule has 0 radical (unpaired) electrons. The van der Waals surface area contributed by atoms with Crippen LogP contribution in [0.25, 0.3) is 21.9 Å². The fourth-order valence-corrected chi connectivity index (χ4v) is 3.00. The fraction of sp³-hybridized carbons (Fsp3) is 0.158. The van der Waals surface area contributed by atoms with Crippen molar-refractivity contribution < 1.29 is 4.79 Å². The lowest BCUT2D eigenvalue weighted by molar-refractivity contribution is -0.120. The van der Waals surface area contributed by atoms with Crippen LogP contribution in [0, 0.1) is 0 Å². The Kier molecular flexibility index (Phi) is 3.75. The summed E-state index contributed by atoms with van der Waals surface area (Å²) in [5.41, 5.74) is 4.05. The Labute approximate surface area is 139 Å². The van der Waals surface area contributed by atoms with Crippen molar-refractivity contribution in [1.29, 1.82) is 0 Å². The van der Waals surface area contributed by atoms with Crippen LogP contribution in [0.15, 0.2) is 54.9 Å². The predicted molar refractivity (Wildman–Crippen MR) is 94.8 cm³/mol. The SMILES string of the molecule is O=C(Cc1c[nH]c2ncccc12)NCCc1cc2ccccc2[nH]1. The molecule has 5 heteroatoms. The Morgan fingerprint density at radius 2 is 2.08 bits per heavy atom. The summed E-state index contributed by atoms with van der Waals surface area (Å²) in [5.74, 6) is 0.0239. The number of nitrogens with one attached hydrogen (secondary N) is 3. The van der Waals surface area contributed by atoms with Gasteiger partial charge < -0.3 is 15.3 Å². The van der Waals surface area contributed by atoms with Crippen LogP contribution in [0.2, 0.25) is 0 Å². The third-order valence-electron chi connectivity index (χ3n) is 4.19. The van der Waals surface area contributed by atoms with E-state index in [4.69, 9.17) is 0 Å². The predicted octanol–water partition coefficient (Wildman–Crippen LogP) is 2.95. The van der Waals surface area contributed by atoms with Crippen LogP contribution < -0.4 is 5.32 Å². The Bertz CT molecular complexity index is 966. The number of amides is 1. The third-order valence-corrected chi connectivity index (χ3v) is 4.19. The first-order valence-electron chi connectivity index (χ1n) is 8.04. The van der Waals surface area contributed by atoms with Crippen LogP contribution >= 0.6 is 0 Å². The molecule has 0 saturated carbocycles. The van der Waals surface area contributed by atoms with E-state index in [1.165, 1.54) is 5.39 Å². The molecule has 0 saturated heterocycles. The molecule has 0 aliphatic rings. The standard InChI is InChI=1S/C19H18N4O/c24-18(11-14-12-22-19-16(14)5-3-8-21-19)20-9-7-15-10-13-4-1-2-6-17(13)23-15/h1-6,8,10,12,23H,7,9,11H2,(H,20,24)(H,21,22). The average Bonchev–Trinajstić information content (AvgIpc) is 3.19. The van der Waals surface area contributed by atoms with Gasteiger partial charge in [-0.05, 0) is 35.2 Å². The molecule has 1 amide bonds. The molecule has 0 fully saturated rings. The first kappa shape index (κ1) is 14.5. The third kappa shape index (κ3) is 2.88. The van der Waals surface area contributed by atoms with Crippen LogP contribution in [-0.4, -0.2) is 27.4 Å². The van der Waals surface area contributed by atoms with E-state index in [9.17, 15) is 4.79 Å². The second kappa shape index (κ2) is 6.20. The molecular weight excluding hydrogens is 300 g/mol. The van der Waals surface area contributed by atoms with E-state index in [1.54, 1.807) is 6.20 Å². The van der Waals surface area contributed by atoms with Gasteiger partial charge in [0.25, 0.3) is 0 Å². The summed E-state index contributed by atoms with van der Waals surface area (Å²) in [6, 6.07) is 14.2. The monoisotopic (exact) mass is 318 g/mol. The van der Waals surface area contributed by atoms with Gasteiger partial charge in [0.2, 0.25) is 5.91 Å². The summed E-state index contributed by atoms with van der Waals surface area (Å²) in [6.07, 6.45) is 4.74. The van der Waals surface area contributed by atoms with E-state index < -0.39 is 0 Å². The maximum Gasteiger partial charge on any atom is 0.224 e. The molecule has 5 nitrogen and oxygen atoms in total. The number of aromatic amines is 2. The van der Waals surface area contributed by atoms with Crippen molar-refractivity contribution in [3.63, 3.8) is 0 Å². The molecule has 0 spiro atoms. The van der Waals surface area contributed by atoms with Gasteiger partial charge in [-0.3, -0.25) is 4.79 Å². The zero-order chi connectivity index (χ0) is 16.4. The second-order valence-corrected chi connectivity index (χ2v) is 5.87. The van der Waals surface area contributed by atoms with Gasteiger partial charge in [0.1, 0.15) is 5.65 Å². The van der Waals surface area contributed by atoms with Crippen LogP contribution in [0.3, 0.4) is 0 Å². The molecule has 0 aliphatic heterocycles. The van der Waals surface area contributed by atoms with Gasteiger partial charge >= 0.3 is 0 Å². The number of fused-ring (bicyclic) bond motifs is 2. The maximum absolute atomic E-state index is 12.2. The molecule has 120 valence electrons. The highest BCUT2D eigenvalue weighted by Crippen LogP contribution is 2.16. The molecule has 3 aromatic heterocycles. The Morgan fingerprint density at radius 3 is 3.00 bits per heavy atom. The Hall–Kier alpha value is -3.08. The van der Waals surface area contributed by atoms with Gasteiger partial charge in [0, 0.05) is 42.0 Å². The van der Waals surface area contributed by atoms with E-state index in [0.29, 0.717) is 13.0 Å². The van der Waals surface area contributed by atoms with Gasteiger partial charge in [-0.2, -0.15) is 0 Å². The summed E-state index contributed by atoms with van der Waals surface area (Å²) >= 11 is 0. The Morgan fingerprint density at radius 1 is 1.17 bits per heavy atom. The smallest absolute Gasteiger partial charge is 0.224 e. The molecule has 4 aromatic rings. The zero-order valence-electron chi connectivity index (χ0n) is 13.2. The van der Waals surface area contributed by atoms with E-state index in [2.05, 4.69) is 38.5 Å². The first-order valence-corrected chi connectivity index (χ1v) is 8.04. The van der Waals surface area contributed by atoms with Crippen LogP contribution in [0.1, 0.15) is 11.3 Å². The lowest BCUT2D eigenvalue weighted by Gasteiger charge is -2.04. The van der Waals surface area contributed by atoms with Crippen molar-refractivity contribution >= 4 is 27.8 Å². The van der Waals surface area contributed by atoms with Crippen molar-refractivity contribution in [2.75, 3.05) is 6.54 Å². The summed E-state index contributed by atoms with van der Waals surface area (Å²) in [7, 11) is 0. The normalized spacial score (nSPS) is 11.2. The summed E-state index contributed by atoms with van der Waals surface area (Å²) < 4.78 is 0. The second-order valence-electron chi connectivity index (χ2n) is 5.87. The minimum absolute atomic E-state index is 0.0239. The summed E-state index contributed by atoms with van der Waals surface area (Å²) in [5, 5.41) is 5.19. The lowest BCUT2D eigenvalue weighted by Crippen LogP contribution is -2.27. The highest BCUT2D eigenvalue weighted by atomic mass is 16.1. The number of benzene rings is 1. The molecule has 0 unspecified atom stereocenters. The van der Waals surface area contributed by atoms with Crippen molar-refractivity contribution in [1.82, 2.24) is 20.3 Å². The first-order chi connectivity index (χ1) is 11.8. The highest BCUT2D eigenvalue weighted by Gasteiger charge is 2.09. The zero-order valence-corrected chi connectivity index (χ0v) is 13.2. The summed E-state index contributed by atoms with van der Waals surface area (Å²) in [4.78, 5) is 22.9. The van der Waals surface area contributed by atoms with Gasteiger partial charge in [-0.1, -0.05) is 18.2 Å². The van der Waals surface area contributed by atoms with Gasteiger partial charge in [0.15, 0.2) is 0 Å². The topological polar surface area (TPSA) is 73.6 Å².